The standard InChI is InChI=1S/C17H16N4OS/c18-14-13-12(9-5-2-1-3-6-9)10-7-4-8-11(10)20-17(13)23-15(14)16(22)21-19/h1-3,5-6H,4,7-8,18-19H2,(H,21,22). The average Bonchev–Trinajstić information content (AvgIpc) is 3.17. The lowest BCUT2D eigenvalue weighted by Crippen LogP contribution is -2.29. The van der Waals surface area contributed by atoms with Gasteiger partial charge >= 0.3 is 0 Å². The Balaban J connectivity index is 2.10. The molecule has 2 heterocycles. The lowest BCUT2D eigenvalue weighted by molar-refractivity contribution is 0.0958. The van der Waals surface area contributed by atoms with Gasteiger partial charge < -0.3 is 5.73 Å². The minimum Gasteiger partial charge on any atom is -0.397 e. The van der Waals surface area contributed by atoms with Crippen LogP contribution in [0.2, 0.25) is 0 Å². The lowest BCUT2D eigenvalue weighted by atomic mass is 9.96. The molecule has 1 aliphatic carbocycles. The number of nitrogens with zero attached hydrogens (tertiary/aromatic N) is 1. The SMILES string of the molecule is NNC(=O)c1sc2nc3c(c(-c4ccccc4)c2c1N)CCC3. The number of hydrogen-bond donors (Lipinski definition) is 3. The molecule has 1 aliphatic rings. The Morgan fingerprint density at radius 1 is 1.22 bits per heavy atom. The average molecular weight is 324 g/mol. The van der Waals surface area contributed by atoms with E-state index in [0.717, 1.165) is 46.3 Å². The van der Waals surface area contributed by atoms with Crippen molar-refractivity contribution in [3.05, 3.63) is 46.5 Å². The van der Waals surface area contributed by atoms with Crippen LogP contribution >= 0.6 is 11.3 Å². The largest absolute Gasteiger partial charge is 0.397 e. The number of thiophene rings is 1. The van der Waals surface area contributed by atoms with Crippen molar-refractivity contribution < 1.29 is 4.79 Å². The highest BCUT2D eigenvalue weighted by atomic mass is 32.1. The predicted molar refractivity (Wildman–Crippen MR) is 93.1 cm³/mol. The number of anilines is 1. The second kappa shape index (κ2) is 5.33. The van der Waals surface area contributed by atoms with Gasteiger partial charge in [0, 0.05) is 11.1 Å². The van der Waals surface area contributed by atoms with Crippen LogP contribution in [-0.2, 0) is 12.8 Å². The number of nitrogen functional groups attached to an aromatic ring is 2. The summed E-state index contributed by atoms with van der Waals surface area (Å²) < 4.78 is 0. The molecule has 116 valence electrons. The van der Waals surface area contributed by atoms with Gasteiger partial charge in [-0.1, -0.05) is 30.3 Å². The first-order valence-corrected chi connectivity index (χ1v) is 8.32. The van der Waals surface area contributed by atoms with Crippen molar-refractivity contribution in [3.8, 4) is 11.1 Å². The van der Waals surface area contributed by atoms with Crippen LogP contribution in [0.3, 0.4) is 0 Å². The van der Waals surface area contributed by atoms with E-state index in [1.807, 2.05) is 18.2 Å². The molecule has 1 amide bonds. The Labute approximate surface area is 137 Å². The summed E-state index contributed by atoms with van der Waals surface area (Å²) in [7, 11) is 0. The predicted octanol–water partition coefficient (Wildman–Crippen LogP) is 2.64. The summed E-state index contributed by atoms with van der Waals surface area (Å²) in [6.45, 7) is 0. The molecule has 5 nitrogen and oxygen atoms in total. The summed E-state index contributed by atoms with van der Waals surface area (Å²) in [4.78, 5) is 18.0. The number of hydrazine groups is 1. The molecule has 6 heteroatoms. The van der Waals surface area contributed by atoms with E-state index in [4.69, 9.17) is 16.6 Å². The van der Waals surface area contributed by atoms with Crippen LogP contribution < -0.4 is 17.0 Å². The Kier molecular flexibility index (Phi) is 3.28. The molecule has 23 heavy (non-hydrogen) atoms. The highest BCUT2D eigenvalue weighted by Crippen LogP contribution is 2.43. The molecule has 5 N–H and O–H groups in total. The van der Waals surface area contributed by atoms with Gasteiger partial charge in [-0.25, -0.2) is 10.8 Å². The van der Waals surface area contributed by atoms with Gasteiger partial charge in [0.25, 0.3) is 5.91 Å². The third kappa shape index (κ3) is 2.10. The van der Waals surface area contributed by atoms with E-state index in [-0.39, 0.29) is 5.91 Å². The highest BCUT2D eigenvalue weighted by Gasteiger charge is 2.26. The van der Waals surface area contributed by atoms with Crippen molar-refractivity contribution in [3.63, 3.8) is 0 Å². The van der Waals surface area contributed by atoms with Crippen molar-refractivity contribution >= 4 is 33.1 Å². The number of benzene rings is 1. The van der Waals surface area contributed by atoms with Gasteiger partial charge in [-0.05, 0) is 36.0 Å². The maximum atomic E-state index is 12.0. The van der Waals surface area contributed by atoms with Gasteiger partial charge in [0.05, 0.1) is 5.69 Å². The number of hydrogen-bond acceptors (Lipinski definition) is 5. The summed E-state index contributed by atoms with van der Waals surface area (Å²) in [6.07, 6.45) is 3.08. The molecule has 2 aromatic heterocycles. The number of aryl methyl sites for hydroxylation is 1. The van der Waals surface area contributed by atoms with E-state index < -0.39 is 0 Å². The van der Waals surface area contributed by atoms with E-state index in [1.54, 1.807) is 0 Å². The number of aromatic nitrogens is 1. The summed E-state index contributed by atoms with van der Waals surface area (Å²) in [5.74, 6) is 4.90. The van der Waals surface area contributed by atoms with E-state index >= 15 is 0 Å². The monoisotopic (exact) mass is 324 g/mol. The quantitative estimate of drug-likeness (QED) is 0.384. The number of fused-ring (bicyclic) bond motifs is 2. The molecule has 3 aromatic rings. The van der Waals surface area contributed by atoms with E-state index in [1.165, 1.54) is 16.9 Å². The molecule has 1 aromatic carbocycles. The van der Waals surface area contributed by atoms with Crippen molar-refractivity contribution in [1.29, 1.82) is 0 Å². The minimum atomic E-state index is -0.371. The number of amides is 1. The van der Waals surface area contributed by atoms with Gasteiger partial charge in [-0.2, -0.15) is 0 Å². The fourth-order valence-corrected chi connectivity index (χ4v) is 4.33. The number of nitrogens with two attached hydrogens (primary N) is 2. The van der Waals surface area contributed by atoms with Gasteiger partial charge in [-0.15, -0.1) is 11.3 Å². The van der Waals surface area contributed by atoms with Gasteiger partial charge in [0.1, 0.15) is 9.71 Å². The first-order valence-electron chi connectivity index (χ1n) is 7.50. The molecule has 0 aliphatic heterocycles. The number of carbonyl (C=O) groups is 1. The Hall–Kier alpha value is -2.44. The van der Waals surface area contributed by atoms with Crippen LogP contribution in [0.15, 0.2) is 30.3 Å². The van der Waals surface area contributed by atoms with Crippen LogP contribution in [0.1, 0.15) is 27.3 Å². The zero-order chi connectivity index (χ0) is 16.0. The van der Waals surface area contributed by atoms with Gasteiger partial charge in [-0.3, -0.25) is 10.2 Å². The van der Waals surface area contributed by atoms with E-state index in [0.29, 0.717) is 10.6 Å². The molecule has 0 bridgehead atoms. The van der Waals surface area contributed by atoms with E-state index in [9.17, 15) is 4.79 Å². The van der Waals surface area contributed by atoms with Crippen molar-refractivity contribution in [1.82, 2.24) is 10.4 Å². The first-order chi connectivity index (χ1) is 11.2. The molecule has 4 rings (SSSR count). The van der Waals surface area contributed by atoms with Crippen LogP contribution in [0.5, 0.6) is 0 Å². The summed E-state index contributed by atoms with van der Waals surface area (Å²) in [5.41, 5.74) is 13.5. The molecule has 0 atom stereocenters. The summed E-state index contributed by atoms with van der Waals surface area (Å²) in [5, 5.41) is 0.875. The number of pyridine rings is 1. The van der Waals surface area contributed by atoms with Crippen molar-refractivity contribution in [2.24, 2.45) is 5.84 Å². The molecule has 0 radical (unpaired) electrons. The zero-order valence-electron chi connectivity index (χ0n) is 12.4. The van der Waals surface area contributed by atoms with E-state index in [2.05, 4.69) is 17.6 Å². The third-order valence-electron chi connectivity index (χ3n) is 4.30. The second-order valence-corrected chi connectivity index (χ2v) is 6.63. The van der Waals surface area contributed by atoms with Crippen LogP contribution in [0.25, 0.3) is 21.3 Å². The Morgan fingerprint density at radius 2 is 2.00 bits per heavy atom. The van der Waals surface area contributed by atoms with Crippen LogP contribution in [-0.4, -0.2) is 10.9 Å². The first kappa shape index (κ1) is 14.2. The Bertz CT molecular complexity index is 917. The third-order valence-corrected chi connectivity index (χ3v) is 5.40. The fraction of sp³-hybridized carbons (Fsp3) is 0.176. The van der Waals surface area contributed by atoms with Crippen LogP contribution in [0, 0.1) is 0 Å². The normalized spacial score (nSPS) is 13.3. The number of rotatable bonds is 2. The number of nitrogens with one attached hydrogen (secondary N) is 1. The lowest BCUT2D eigenvalue weighted by Gasteiger charge is -2.11. The summed E-state index contributed by atoms with van der Waals surface area (Å²) >= 11 is 1.30. The smallest absolute Gasteiger partial charge is 0.277 e. The van der Waals surface area contributed by atoms with Gasteiger partial charge in [0.15, 0.2) is 0 Å². The minimum absolute atomic E-state index is 0.371. The maximum absolute atomic E-state index is 12.0. The zero-order valence-corrected chi connectivity index (χ0v) is 13.2. The topological polar surface area (TPSA) is 94.0 Å². The van der Waals surface area contributed by atoms with Crippen LogP contribution in [0.4, 0.5) is 5.69 Å². The fourth-order valence-electron chi connectivity index (χ4n) is 3.30. The van der Waals surface area contributed by atoms with Crippen molar-refractivity contribution in [2.75, 3.05) is 5.73 Å². The molecule has 0 unspecified atom stereocenters. The molecule has 0 fully saturated rings. The molecular formula is C17H16N4OS. The molecule has 0 saturated heterocycles. The Morgan fingerprint density at radius 3 is 2.74 bits per heavy atom. The number of carbonyl (C=O) groups excluding carboxylic acids is 1. The highest BCUT2D eigenvalue weighted by molar-refractivity contribution is 7.21. The molecule has 0 spiro atoms. The second-order valence-electron chi connectivity index (χ2n) is 5.63. The maximum Gasteiger partial charge on any atom is 0.277 e. The van der Waals surface area contributed by atoms with Gasteiger partial charge in [0.2, 0.25) is 0 Å². The summed E-state index contributed by atoms with van der Waals surface area (Å²) in [6, 6.07) is 10.2. The van der Waals surface area contributed by atoms with Crippen molar-refractivity contribution in [2.45, 2.75) is 19.3 Å². The molecule has 0 saturated carbocycles. The molecular weight excluding hydrogens is 308 g/mol.